The van der Waals surface area contributed by atoms with Gasteiger partial charge in [0.15, 0.2) is 15.0 Å². The molecule has 2 aromatic rings. The molecule has 1 saturated heterocycles. The molecule has 0 saturated carbocycles. The van der Waals surface area contributed by atoms with E-state index in [-0.39, 0.29) is 22.8 Å². The summed E-state index contributed by atoms with van der Waals surface area (Å²) in [7, 11) is -2.90. The molecule has 0 radical (unpaired) electrons. The van der Waals surface area contributed by atoms with E-state index in [1.807, 2.05) is 35.0 Å². The number of sulfone groups is 1. The Balaban J connectivity index is 1.72. The van der Waals surface area contributed by atoms with Gasteiger partial charge in [-0.3, -0.25) is 0 Å². The first kappa shape index (κ1) is 12.7. The quantitative estimate of drug-likeness (QED) is 0.808. The summed E-state index contributed by atoms with van der Waals surface area (Å²) in [6.45, 7) is 0. The highest BCUT2D eigenvalue weighted by Crippen LogP contribution is 2.45. The lowest BCUT2D eigenvalue weighted by Crippen LogP contribution is -2.11. The molecule has 1 aromatic heterocycles. The molecule has 3 heterocycles. The maximum Gasteiger partial charge on any atom is 0.169 e. The third-order valence-corrected chi connectivity index (χ3v) is 7.20. The Morgan fingerprint density at radius 2 is 2.00 bits per heavy atom. The second-order valence-corrected chi connectivity index (χ2v) is 8.92. The molecular formula is C13H11ClN2O2S2. The molecule has 104 valence electrons. The van der Waals surface area contributed by atoms with Crippen molar-refractivity contribution in [3.8, 4) is 11.3 Å². The van der Waals surface area contributed by atoms with E-state index >= 15 is 0 Å². The Morgan fingerprint density at radius 1 is 1.25 bits per heavy atom. The molecule has 0 N–H and O–H groups in total. The van der Waals surface area contributed by atoms with E-state index in [9.17, 15) is 8.42 Å². The van der Waals surface area contributed by atoms with Gasteiger partial charge in [0, 0.05) is 22.0 Å². The minimum Gasteiger partial charge on any atom is -0.320 e. The van der Waals surface area contributed by atoms with Gasteiger partial charge in [0.2, 0.25) is 0 Å². The Morgan fingerprint density at radius 3 is 2.75 bits per heavy atom. The number of aromatic nitrogens is 2. The summed E-state index contributed by atoms with van der Waals surface area (Å²) in [5, 5.41) is 1.73. The first-order valence-electron chi connectivity index (χ1n) is 6.24. The van der Waals surface area contributed by atoms with Gasteiger partial charge in [-0.25, -0.2) is 13.4 Å². The van der Waals surface area contributed by atoms with E-state index in [1.165, 1.54) is 0 Å². The number of thioether (sulfide) groups is 1. The largest absolute Gasteiger partial charge is 0.320 e. The number of hydrogen-bond donors (Lipinski definition) is 0. The molecule has 2 aliphatic heterocycles. The van der Waals surface area contributed by atoms with Crippen LogP contribution >= 0.6 is 23.4 Å². The van der Waals surface area contributed by atoms with Crippen molar-refractivity contribution in [2.24, 2.45) is 0 Å². The molecule has 0 unspecified atom stereocenters. The van der Waals surface area contributed by atoms with Gasteiger partial charge in [-0.05, 0) is 12.1 Å². The van der Waals surface area contributed by atoms with Crippen LogP contribution in [0.3, 0.4) is 0 Å². The predicted octanol–water partition coefficient (Wildman–Crippen LogP) is 2.65. The lowest BCUT2D eigenvalue weighted by Gasteiger charge is -2.07. The minimum atomic E-state index is -2.90. The van der Waals surface area contributed by atoms with Gasteiger partial charge in [-0.2, -0.15) is 0 Å². The van der Waals surface area contributed by atoms with Gasteiger partial charge >= 0.3 is 0 Å². The Bertz CT molecular complexity index is 783. The van der Waals surface area contributed by atoms with Crippen molar-refractivity contribution < 1.29 is 8.42 Å². The Kier molecular flexibility index (Phi) is 2.71. The van der Waals surface area contributed by atoms with E-state index in [1.54, 1.807) is 11.8 Å². The molecular weight excluding hydrogens is 316 g/mol. The molecule has 7 heteroatoms. The highest BCUT2D eigenvalue weighted by atomic mass is 35.5. The van der Waals surface area contributed by atoms with Crippen molar-refractivity contribution in [3.63, 3.8) is 0 Å². The predicted molar refractivity (Wildman–Crippen MR) is 80.0 cm³/mol. The molecule has 0 spiro atoms. The molecule has 0 aliphatic carbocycles. The summed E-state index contributed by atoms with van der Waals surface area (Å²) >= 11 is 7.46. The van der Waals surface area contributed by atoms with E-state index in [0.29, 0.717) is 5.02 Å². The first-order valence-corrected chi connectivity index (χ1v) is 9.32. The van der Waals surface area contributed by atoms with Gasteiger partial charge in [0.05, 0.1) is 23.2 Å². The number of fused-ring (bicyclic) bond motifs is 3. The summed E-state index contributed by atoms with van der Waals surface area (Å²) < 4.78 is 25.4. The maximum absolute atomic E-state index is 11.7. The van der Waals surface area contributed by atoms with E-state index in [2.05, 4.69) is 4.98 Å². The monoisotopic (exact) mass is 326 g/mol. The van der Waals surface area contributed by atoms with Crippen LogP contribution in [-0.4, -0.2) is 34.7 Å². The molecule has 2 aliphatic rings. The number of halogens is 1. The third-order valence-electron chi connectivity index (χ3n) is 3.72. The molecule has 1 aromatic carbocycles. The average Bonchev–Trinajstić information content (AvgIpc) is 2.98. The fourth-order valence-electron chi connectivity index (χ4n) is 2.77. The Labute approximate surface area is 126 Å². The zero-order chi connectivity index (χ0) is 13.9. The van der Waals surface area contributed by atoms with E-state index in [4.69, 9.17) is 11.6 Å². The number of nitrogens with zero attached hydrogens (tertiary/aromatic N) is 2. The molecule has 20 heavy (non-hydrogen) atoms. The summed E-state index contributed by atoms with van der Waals surface area (Å²) in [5.41, 5.74) is 1.86. The average molecular weight is 327 g/mol. The zero-order valence-electron chi connectivity index (χ0n) is 10.4. The summed E-state index contributed by atoms with van der Waals surface area (Å²) in [5.74, 6) is 0.496. The van der Waals surface area contributed by atoms with Crippen LogP contribution in [0.4, 0.5) is 0 Å². The maximum atomic E-state index is 11.7. The van der Waals surface area contributed by atoms with Crippen LogP contribution in [0, 0.1) is 0 Å². The highest BCUT2D eigenvalue weighted by Gasteiger charge is 2.45. The van der Waals surface area contributed by atoms with Crippen LogP contribution in [-0.2, 0) is 9.84 Å². The standard InChI is InChI=1S/C13H11ClN2O2S2/c14-9-3-1-8(2-4-9)10-5-16-11-6-20(17,18)7-12(11)19-13(16)15-10/h1-5,11-12H,6-7H2/t11-,12-/m0/s1. The third kappa shape index (κ3) is 1.98. The summed E-state index contributed by atoms with van der Waals surface area (Å²) in [6, 6.07) is 7.55. The molecule has 2 atom stereocenters. The number of rotatable bonds is 1. The van der Waals surface area contributed by atoms with Gasteiger partial charge in [0.25, 0.3) is 0 Å². The minimum absolute atomic E-state index is 0.0357. The molecule has 0 amide bonds. The van der Waals surface area contributed by atoms with Crippen molar-refractivity contribution in [1.82, 2.24) is 9.55 Å². The lowest BCUT2D eigenvalue weighted by atomic mass is 10.2. The van der Waals surface area contributed by atoms with E-state index < -0.39 is 9.84 Å². The van der Waals surface area contributed by atoms with Crippen LogP contribution in [0.5, 0.6) is 0 Å². The number of benzene rings is 1. The molecule has 0 bridgehead atoms. The van der Waals surface area contributed by atoms with Crippen LogP contribution in [0.1, 0.15) is 6.04 Å². The fraction of sp³-hybridized carbons (Fsp3) is 0.308. The fourth-order valence-corrected chi connectivity index (χ4v) is 6.80. The van der Waals surface area contributed by atoms with Crippen molar-refractivity contribution >= 4 is 33.2 Å². The normalized spacial score (nSPS) is 26.4. The van der Waals surface area contributed by atoms with Crippen molar-refractivity contribution in [2.45, 2.75) is 16.4 Å². The van der Waals surface area contributed by atoms with Gasteiger partial charge in [0.1, 0.15) is 0 Å². The van der Waals surface area contributed by atoms with Crippen LogP contribution in [0.25, 0.3) is 11.3 Å². The van der Waals surface area contributed by atoms with Crippen molar-refractivity contribution in [3.05, 3.63) is 35.5 Å². The van der Waals surface area contributed by atoms with Gasteiger partial charge < -0.3 is 4.57 Å². The van der Waals surface area contributed by atoms with Crippen LogP contribution in [0.15, 0.2) is 35.6 Å². The van der Waals surface area contributed by atoms with Crippen LogP contribution in [0.2, 0.25) is 5.02 Å². The zero-order valence-corrected chi connectivity index (χ0v) is 12.7. The SMILES string of the molecule is O=S1(=O)C[C@@H]2Sc3nc(-c4ccc(Cl)cc4)cn3[C@H]2C1. The molecule has 1 fully saturated rings. The summed E-state index contributed by atoms with van der Waals surface area (Å²) in [6.07, 6.45) is 1.96. The Hall–Kier alpha value is -0.980. The lowest BCUT2D eigenvalue weighted by molar-refractivity contribution is 0.550. The first-order chi connectivity index (χ1) is 9.52. The van der Waals surface area contributed by atoms with Gasteiger partial charge in [-0.15, -0.1) is 0 Å². The van der Waals surface area contributed by atoms with Crippen molar-refractivity contribution in [2.75, 3.05) is 11.5 Å². The van der Waals surface area contributed by atoms with Gasteiger partial charge in [-0.1, -0.05) is 35.5 Å². The smallest absolute Gasteiger partial charge is 0.169 e. The molecule has 4 rings (SSSR count). The number of hydrogen-bond acceptors (Lipinski definition) is 4. The topological polar surface area (TPSA) is 52.0 Å². The van der Waals surface area contributed by atoms with E-state index in [0.717, 1.165) is 16.4 Å². The number of imidazole rings is 1. The second kappa shape index (κ2) is 4.26. The molecule has 4 nitrogen and oxygen atoms in total. The van der Waals surface area contributed by atoms with Crippen molar-refractivity contribution in [1.29, 1.82) is 0 Å². The highest BCUT2D eigenvalue weighted by molar-refractivity contribution is 8.02. The van der Waals surface area contributed by atoms with Crippen LogP contribution < -0.4 is 0 Å². The second-order valence-electron chi connectivity index (χ2n) is 5.12. The summed E-state index contributed by atoms with van der Waals surface area (Å²) in [4.78, 5) is 4.61.